The molecule has 1 heterocycles. The average molecular weight is 211 g/mol. The molecule has 1 aliphatic heterocycles. The summed E-state index contributed by atoms with van der Waals surface area (Å²) in [4.78, 5) is 15.3. The van der Waals surface area contributed by atoms with Gasteiger partial charge in [-0.3, -0.25) is 4.79 Å². The first kappa shape index (κ1) is 12.2. The molecule has 0 unspecified atom stereocenters. The van der Waals surface area contributed by atoms with E-state index in [1.54, 1.807) is 4.90 Å². The molecule has 86 valence electrons. The molecule has 0 aromatic rings. The SMILES string of the molecule is C=CC[NH+]1CCN(C(=O)CCCC)CC1. The minimum atomic E-state index is 0.342. The number of nitrogens with one attached hydrogen (secondary N) is 1. The Kier molecular flexibility index (Phi) is 5.40. The summed E-state index contributed by atoms with van der Waals surface area (Å²) >= 11 is 0. The molecule has 15 heavy (non-hydrogen) atoms. The van der Waals surface area contributed by atoms with E-state index >= 15 is 0 Å². The molecule has 1 saturated heterocycles. The van der Waals surface area contributed by atoms with Gasteiger partial charge in [0, 0.05) is 6.42 Å². The second-order valence-corrected chi connectivity index (χ2v) is 4.23. The number of unbranched alkanes of at least 4 members (excludes halogenated alkanes) is 1. The normalized spacial score (nSPS) is 17.8. The first-order valence-electron chi connectivity index (χ1n) is 6.00. The maximum atomic E-state index is 11.7. The molecule has 0 bridgehead atoms. The molecular formula is C12H23N2O+. The van der Waals surface area contributed by atoms with Crippen LogP contribution in [0.5, 0.6) is 0 Å². The fraction of sp³-hybridized carbons (Fsp3) is 0.750. The highest BCUT2D eigenvalue weighted by molar-refractivity contribution is 5.76. The summed E-state index contributed by atoms with van der Waals surface area (Å²) in [6.45, 7) is 10.9. The van der Waals surface area contributed by atoms with Crippen molar-refractivity contribution in [3.8, 4) is 0 Å². The standard InChI is InChI=1S/C12H22N2O/c1-3-5-6-12(15)14-10-8-13(7-4-2)9-11-14/h4H,2-3,5-11H2,1H3/p+1. The van der Waals surface area contributed by atoms with Crippen molar-refractivity contribution in [3.63, 3.8) is 0 Å². The van der Waals surface area contributed by atoms with Crippen LogP contribution >= 0.6 is 0 Å². The number of carbonyl (C=O) groups is 1. The van der Waals surface area contributed by atoms with Crippen LogP contribution in [-0.2, 0) is 4.79 Å². The summed E-state index contributed by atoms with van der Waals surface area (Å²) in [6, 6.07) is 0. The van der Waals surface area contributed by atoms with Crippen molar-refractivity contribution >= 4 is 5.91 Å². The Bertz CT molecular complexity index is 208. The molecule has 1 fully saturated rings. The fourth-order valence-electron chi connectivity index (χ4n) is 1.97. The molecule has 0 spiro atoms. The number of hydrogen-bond acceptors (Lipinski definition) is 1. The van der Waals surface area contributed by atoms with Crippen molar-refractivity contribution in [2.45, 2.75) is 26.2 Å². The van der Waals surface area contributed by atoms with Crippen LogP contribution in [0.15, 0.2) is 12.7 Å². The third-order valence-corrected chi connectivity index (χ3v) is 3.00. The zero-order valence-electron chi connectivity index (χ0n) is 9.80. The molecule has 0 radical (unpaired) electrons. The third kappa shape index (κ3) is 4.04. The zero-order chi connectivity index (χ0) is 11.1. The highest BCUT2D eigenvalue weighted by Gasteiger charge is 2.21. The van der Waals surface area contributed by atoms with Crippen LogP contribution in [-0.4, -0.2) is 43.5 Å². The largest absolute Gasteiger partial charge is 0.331 e. The predicted octanol–water partition coefficient (Wildman–Crippen LogP) is 0.0897. The summed E-state index contributed by atoms with van der Waals surface area (Å²) in [6.07, 6.45) is 4.82. The Balaban J connectivity index is 2.24. The van der Waals surface area contributed by atoms with E-state index in [0.717, 1.165) is 52.0 Å². The molecule has 1 rings (SSSR count). The highest BCUT2D eigenvalue weighted by atomic mass is 16.2. The number of quaternary nitrogens is 1. The van der Waals surface area contributed by atoms with Gasteiger partial charge in [-0.25, -0.2) is 0 Å². The predicted molar refractivity (Wildman–Crippen MR) is 61.9 cm³/mol. The van der Waals surface area contributed by atoms with E-state index in [9.17, 15) is 4.79 Å². The van der Waals surface area contributed by atoms with Gasteiger partial charge in [0.2, 0.25) is 5.91 Å². The van der Waals surface area contributed by atoms with E-state index in [1.807, 2.05) is 11.0 Å². The quantitative estimate of drug-likeness (QED) is 0.641. The van der Waals surface area contributed by atoms with Gasteiger partial charge in [0.1, 0.15) is 0 Å². The van der Waals surface area contributed by atoms with Gasteiger partial charge >= 0.3 is 0 Å². The minimum Gasteiger partial charge on any atom is -0.331 e. The van der Waals surface area contributed by atoms with Gasteiger partial charge in [0.25, 0.3) is 0 Å². The topological polar surface area (TPSA) is 24.8 Å². The Morgan fingerprint density at radius 1 is 1.47 bits per heavy atom. The van der Waals surface area contributed by atoms with Crippen molar-refractivity contribution in [1.82, 2.24) is 4.90 Å². The molecule has 1 N–H and O–H groups in total. The van der Waals surface area contributed by atoms with E-state index in [0.29, 0.717) is 5.91 Å². The lowest BCUT2D eigenvalue weighted by Gasteiger charge is -2.31. The van der Waals surface area contributed by atoms with Crippen molar-refractivity contribution in [2.75, 3.05) is 32.7 Å². The van der Waals surface area contributed by atoms with Crippen LogP contribution in [0.1, 0.15) is 26.2 Å². The smallest absolute Gasteiger partial charge is 0.222 e. The molecule has 3 nitrogen and oxygen atoms in total. The van der Waals surface area contributed by atoms with E-state index in [2.05, 4.69) is 13.5 Å². The molecule has 0 aromatic carbocycles. The van der Waals surface area contributed by atoms with Gasteiger partial charge in [0.15, 0.2) is 0 Å². The number of carbonyl (C=O) groups excluding carboxylic acids is 1. The van der Waals surface area contributed by atoms with Crippen molar-refractivity contribution in [3.05, 3.63) is 12.7 Å². The molecule has 1 aliphatic rings. The summed E-state index contributed by atoms with van der Waals surface area (Å²) in [5.41, 5.74) is 0. The lowest BCUT2D eigenvalue weighted by atomic mass is 10.2. The number of nitrogens with zero attached hydrogens (tertiary/aromatic N) is 1. The van der Waals surface area contributed by atoms with Crippen LogP contribution in [0, 0.1) is 0 Å². The van der Waals surface area contributed by atoms with Crippen LogP contribution in [0.3, 0.4) is 0 Å². The van der Waals surface area contributed by atoms with Gasteiger partial charge in [-0.2, -0.15) is 0 Å². The number of rotatable bonds is 5. The van der Waals surface area contributed by atoms with Crippen LogP contribution in [0.25, 0.3) is 0 Å². The Hall–Kier alpha value is -0.830. The molecule has 1 amide bonds. The Morgan fingerprint density at radius 3 is 2.67 bits per heavy atom. The van der Waals surface area contributed by atoms with Gasteiger partial charge in [-0.15, -0.1) is 0 Å². The lowest BCUT2D eigenvalue weighted by Crippen LogP contribution is -3.14. The molecular weight excluding hydrogens is 188 g/mol. The minimum absolute atomic E-state index is 0.342. The lowest BCUT2D eigenvalue weighted by molar-refractivity contribution is -0.898. The summed E-state index contributed by atoms with van der Waals surface area (Å²) in [5.74, 6) is 0.342. The molecule has 0 aliphatic carbocycles. The summed E-state index contributed by atoms with van der Waals surface area (Å²) < 4.78 is 0. The molecule has 3 heteroatoms. The van der Waals surface area contributed by atoms with Crippen LogP contribution < -0.4 is 4.90 Å². The first-order valence-corrected chi connectivity index (χ1v) is 6.00. The second kappa shape index (κ2) is 6.62. The average Bonchev–Trinajstić information content (AvgIpc) is 2.27. The monoisotopic (exact) mass is 211 g/mol. The molecule has 0 atom stereocenters. The zero-order valence-corrected chi connectivity index (χ0v) is 9.80. The number of amides is 1. The molecule has 0 aromatic heterocycles. The second-order valence-electron chi connectivity index (χ2n) is 4.23. The Morgan fingerprint density at radius 2 is 2.13 bits per heavy atom. The third-order valence-electron chi connectivity index (χ3n) is 3.00. The number of hydrogen-bond donors (Lipinski definition) is 1. The van der Waals surface area contributed by atoms with Crippen molar-refractivity contribution < 1.29 is 9.69 Å². The maximum Gasteiger partial charge on any atom is 0.222 e. The number of piperazine rings is 1. The van der Waals surface area contributed by atoms with E-state index in [-0.39, 0.29) is 0 Å². The Labute approximate surface area is 92.7 Å². The summed E-state index contributed by atoms with van der Waals surface area (Å²) in [5, 5.41) is 0. The van der Waals surface area contributed by atoms with Crippen LogP contribution in [0.4, 0.5) is 0 Å². The first-order chi connectivity index (χ1) is 7.27. The van der Waals surface area contributed by atoms with Crippen molar-refractivity contribution in [2.24, 2.45) is 0 Å². The van der Waals surface area contributed by atoms with Gasteiger partial charge in [-0.05, 0) is 12.5 Å². The van der Waals surface area contributed by atoms with Gasteiger partial charge in [-0.1, -0.05) is 19.9 Å². The van der Waals surface area contributed by atoms with Gasteiger partial charge < -0.3 is 9.80 Å². The van der Waals surface area contributed by atoms with E-state index in [4.69, 9.17) is 0 Å². The fourth-order valence-corrected chi connectivity index (χ4v) is 1.97. The molecule has 0 saturated carbocycles. The van der Waals surface area contributed by atoms with Gasteiger partial charge in [0.05, 0.1) is 32.7 Å². The van der Waals surface area contributed by atoms with Crippen LogP contribution in [0.2, 0.25) is 0 Å². The highest BCUT2D eigenvalue weighted by Crippen LogP contribution is 2.00. The van der Waals surface area contributed by atoms with E-state index < -0.39 is 0 Å². The summed E-state index contributed by atoms with van der Waals surface area (Å²) in [7, 11) is 0. The van der Waals surface area contributed by atoms with E-state index in [1.165, 1.54) is 0 Å². The maximum absolute atomic E-state index is 11.7. The van der Waals surface area contributed by atoms with Crippen molar-refractivity contribution in [1.29, 1.82) is 0 Å².